The zero-order chi connectivity index (χ0) is 14.0. The fraction of sp³-hybridized carbons (Fsp3) is 0.0714. The van der Waals surface area contributed by atoms with Gasteiger partial charge >= 0.3 is 0 Å². The fourth-order valence-electron chi connectivity index (χ4n) is 1.65. The summed E-state index contributed by atoms with van der Waals surface area (Å²) in [6, 6.07) is 9.22. The van der Waals surface area contributed by atoms with Gasteiger partial charge in [0, 0.05) is 21.5 Å². The fourth-order valence-corrected chi connectivity index (χ4v) is 2.75. The van der Waals surface area contributed by atoms with E-state index in [4.69, 9.17) is 23.2 Å². The molecule has 19 heavy (non-hydrogen) atoms. The summed E-state index contributed by atoms with van der Waals surface area (Å²) in [5.74, 6) is -0.586. The van der Waals surface area contributed by atoms with Gasteiger partial charge in [-0.3, -0.25) is 4.79 Å². The maximum atomic E-state index is 13.0. The van der Waals surface area contributed by atoms with E-state index < -0.39 is 5.82 Å². The number of carbonyl (C=O) groups is 1. The minimum Gasteiger partial charge on any atom is -0.294 e. The summed E-state index contributed by atoms with van der Waals surface area (Å²) >= 11 is 14.8. The summed E-state index contributed by atoms with van der Waals surface area (Å²) < 4.78 is 13.7. The van der Waals surface area contributed by atoms with Gasteiger partial charge in [0.15, 0.2) is 5.78 Å². The molecule has 0 bridgehead atoms. The third-order valence-corrected chi connectivity index (χ3v) is 3.76. The molecule has 0 aliphatic rings. The van der Waals surface area contributed by atoms with Crippen LogP contribution in [-0.4, -0.2) is 5.78 Å². The lowest BCUT2D eigenvalue weighted by Gasteiger charge is -2.05. The van der Waals surface area contributed by atoms with Crippen molar-refractivity contribution in [3.05, 3.63) is 67.9 Å². The number of rotatable bonds is 3. The lowest BCUT2D eigenvalue weighted by molar-refractivity contribution is 0.0992. The normalized spacial score (nSPS) is 10.5. The Bertz CT molecular complexity index is 643. The van der Waals surface area contributed by atoms with Gasteiger partial charge in [0.05, 0.1) is 5.02 Å². The average molecular weight is 362 g/mol. The molecule has 0 radical (unpaired) electrons. The molecule has 0 saturated heterocycles. The van der Waals surface area contributed by atoms with Gasteiger partial charge in [-0.05, 0) is 51.8 Å². The van der Waals surface area contributed by atoms with Crippen LogP contribution in [0.4, 0.5) is 4.39 Å². The molecule has 0 unspecified atom stereocenters. The van der Waals surface area contributed by atoms with E-state index in [-0.39, 0.29) is 17.2 Å². The van der Waals surface area contributed by atoms with Crippen LogP contribution in [0.3, 0.4) is 0 Å². The van der Waals surface area contributed by atoms with Crippen molar-refractivity contribution in [1.82, 2.24) is 0 Å². The Balaban J connectivity index is 2.23. The van der Waals surface area contributed by atoms with E-state index in [9.17, 15) is 9.18 Å². The molecule has 0 atom stereocenters. The summed E-state index contributed by atoms with van der Waals surface area (Å²) in [4.78, 5) is 12.1. The Kier molecular flexibility index (Phi) is 4.61. The maximum absolute atomic E-state index is 13.0. The number of halogens is 4. The van der Waals surface area contributed by atoms with E-state index in [1.807, 2.05) is 0 Å². The van der Waals surface area contributed by atoms with Crippen molar-refractivity contribution in [3.8, 4) is 0 Å². The Labute approximate surface area is 128 Å². The minimum atomic E-state index is -0.495. The summed E-state index contributed by atoms with van der Waals surface area (Å²) in [5, 5.41) is 0.564. The highest BCUT2D eigenvalue weighted by molar-refractivity contribution is 9.10. The van der Waals surface area contributed by atoms with Crippen LogP contribution in [0.2, 0.25) is 10.0 Å². The van der Waals surface area contributed by atoms with Crippen molar-refractivity contribution in [2.45, 2.75) is 6.42 Å². The van der Waals surface area contributed by atoms with E-state index in [2.05, 4.69) is 15.9 Å². The van der Waals surface area contributed by atoms with E-state index in [1.54, 1.807) is 24.3 Å². The van der Waals surface area contributed by atoms with Gasteiger partial charge in [0.25, 0.3) is 0 Å². The van der Waals surface area contributed by atoms with Crippen molar-refractivity contribution >= 4 is 44.9 Å². The minimum absolute atomic E-state index is 0.0143. The summed E-state index contributed by atoms with van der Waals surface area (Å²) in [7, 11) is 0. The van der Waals surface area contributed by atoms with Crippen LogP contribution in [0.1, 0.15) is 15.9 Å². The first-order valence-corrected chi connectivity index (χ1v) is 6.94. The van der Waals surface area contributed by atoms with Gasteiger partial charge < -0.3 is 0 Å². The van der Waals surface area contributed by atoms with Crippen LogP contribution in [0.25, 0.3) is 0 Å². The van der Waals surface area contributed by atoms with Crippen LogP contribution >= 0.6 is 39.1 Å². The van der Waals surface area contributed by atoms with Gasteiger partial charge in [-0.15, -0.1) is 0 Å². The summed E-state index contributed by atoms with van der Waals surface area (Å²) in [5.41, 5.74) is 1.20. The van der Waals surface area contributed by atoms with Crippen LogP contribution in [0.5, 0.6) is 0 Å². The molecule has 2 aromatic rings. The lowest BCUT2D eigenvalue weighted by atomic mass is 10.0. The standard InChI is InChI=1S/C14H8BrCl2FO/c15-11-7-9(16)2-3-10(11)14(19)6-8-1-4-13(18)12(17)5-8/h1-5,7H,6H2. The Morgan fingerprint density at radius 1 is 1.16 bits per heavy atom. The first kappa shape index (κ1) is 14.5. The number of Topliss-reactive ketones (excluding diaryl/α,β-unsaturated/α-hetero) is 1. The van der Waals surface area contributed by atoms with Crippen LogP contribution < -0.4 is 0 Å². The molecule has 0 fully saturated rings. The molecule has 0 saturated carbocycles. The number of hydrogen-bond donors (Lipinski definition) is 0. The molecule has 1 nitrogen and oxygen atoms in total. The topological polar surface area (TPSA) is 17.1 Å². The molecular weight excluding hydrogens is 354 g/mol. The van der Waals surface area contributed by atoms with Crippen molar-refractivity contribution < 1.29 is 9.18 Å². The predicted molar refractivity (Wildman–Crippen MR) is 78.6 cm³/mol. The second kappa shape index (κ2) is 6.04. The molecule has 98 valence electrons. The van der Waals surface area contributed by atoms with Gasteiger partial charge in [0.1, 0.15) is 5.82 Å². The summed E-state index contributed by atoms with van der Waals surface area (Å²) in [6.07, 6.45) is 0.153. The van der Waals surface area contributed by atoms with Gasteiger partial charge in [0.2, 0.25) is 0 Å². The molecule has 0 aliphatic heterocycles. The number of ketones is 1. The molecule has 0 aromatic heterocycles. The molecule has 0 N–H and O–H groups in total. The van der Waals surface area contributed by atoms with E-state index >= 15 is 0 Å². The second-order valence-corrected chi connectivity index (χ2v) is 5.67. The number of benzene rings is 2. The number of carbonyl (C=O) groups excluding carboxylic acids is 1. The molecule has 0 aliphatic carbocycles. The first-order chi connectivity index (χ1) is 8.97. The highest BCUT2D eigenvalue weighted by Crippen LogP contribution is 2.24. The van der Waals surface area contributed by atoms with Crippen LogP contribution in [0, 0.1) is 5.82 Å². The molecule has 0 amide bonds. The second-order valence-electron chi connectivity index (χ2n) is 3.97. The lowest BCUT2D eigenvalue weighted by Crippen LogP contribution is -2.04. The van der Waals surface area contributed by atoms with Gasteiger partial charge in [-0.2, -0.15) is 0 Å². The Morgan fingerprint density at radius 3 is 2.53 bits per heavy atom. The van der Waals surface area contributed by atoms with Crippen molar-refractivity contribution in [2.75, 3.05) is 0 Å². The third-order valence-electron chi connectivity index (χ3n) is 2.58. The Morgan fingerprint density at radius 2 is 1.89 bits per heavy atom. The highest BCUT2D eigenvalue weighted by Gasteiger charge is 2.12. The summed E-state index contributed by atoms with van der Waals surface area (Å²) in [6.45, 7) is 0. The molecular formula is C14H8BrCl2FO. The van der Waals surface area contributed by atoms with E-state index in [1.165, 1.54) is 12.1 Å². The zero-order valence-corrected chi connectivity index (χ0v) is 12.7. The molecule has 5 heteroatoms. The quantitative estimate of drug-likeness (QED) is 0.676. The highest BCUT2D eigenvalue weighted by atomic mass is 79.9. The van der Waals surface area contributed by atoms with Crippen LogP contribution in [0.15, 0.2) is 40.9 Å². The Hall–Kier alpha value is -0.900. The average Bonchev–Trinajstić information content (AvgIpc) is 2.33. The SMILES string of the molecule is O=C(Cc1ccc(F)c(Cl)c1)c1ccc(Cl)cc1Br. The molecule has 0 heterocycles. The van der Waals surface area contributed by atoms with Crippen LogP contribution in [-0.2, 0) is 6.42 Å². The maximum Gasteiger partial charge on any atom is 0.168 e. The smallest absolute Gasteiger partial charge is 0.168 e. The van der Waals surface area contributed by atoms with Gasteiger partial charge in [-0.1, -0.05) is 29.3 Å². The number of hydrogen-bond acceptors (Lipinski definition) is 1. The van der Waals surface area contributed by atoms with E-state index in [0.29, 0.717) is 20.6 Å². The van der Waals surface area contributed by atoms with Gasteiger partial charge in [-0.25, -0.2) is 4.39 Å². The zero-order valence-electron chi connectivity index (χ0n) is 9.59. The monoisotopic (exact) mass is 360 g/mol. The predicted octanol–water partition coefficient (Wildman–Crippen LogP) is 5.32. The van der Waals surface area contributed by atoms with Crippen molar-refractivity contribution in [1.29, 1.82) is 0 Å². The first-order valence-electron chi connectivity index (χ1n) is 5.39. The third kappa shape index (κ3) is 3.56. The van der Waals surface area contributed by atoms with E-state index in [0.717, 1.165) is 0 Å². The van der Waals surface area contributed by atoms with Crippen molar-refractivity contribution in [2.24, 2.45) is 0 Å². The largest absolute Gasteiger partial charge is 0.294 e. The molecule has 0 spiro atoms. The molecule has 2 aromatic carbocycles. The van der Waals surface area contributed by atoms with Crippen molar-refractivity contribution in [3.63, 3.8) is 0 Å². The molecule has 2 rings (SSSR count).